The molecule has 2 fully saturated rings. The van der Waals surface area contributed by atoms with E-state index >= 15 is 0 Å². The van der Waals surface area contributed by atoms with E-state index < -0.39 is 29.1 Å². The first-order valence-corrected chi connectivity index (χ1v) is 10.3. The van der Waals surface area contributed by atoms with Crippen LogP contribution in [0.4, 0.5) is 27.6 Å². The molecule has 3 N–H and O–H groups in total. The lowest BCUT2D eigenvalue weighted by Crippen LogP contribution is -2.55. The number of nitrogens with two attached hydrogens (primary N) is 1. The maximum Gasteiger partial charge on any atom is 0.416 e. The second-order valence-corrected chi connectivity index (χ2v) is 8.60. The van der Waals surface area contributed by atoms with Gasteiger partial charge in [0.25, 0.3) is 5.92 Å². The van der Waals surface area contributed by atoms with Gasteiger partial charge in [-0.15, -0.1) is 0 Å². The van der Waals surface area contributed by atoms with Gasteiger partial charge in [-0.2, -0.15) is 13.2 Å². The van der Waals surface area contributed by atoms with Crippen molar-refractivity contribution in [3.8, 4) is 0 Å². The van der Waals surface area contributed by atoms with Gasteiger partial charge < -0.3 is 16.0 Å². The molecule has 0 aromatic heterocycles. The summed E-state index contributed by atoms with van der Waals surface area (Å²) in [6, 6.07) is 1.69. The zero-order valence-electron chi connectivity index (χ0n) is 17.1. The maximum absolute atomic E-state index is 13.6. The fraction of sp³-hybridized carbons (Fsp3) is 0.619. The number of rotatable bonds is 5. The predicted octanol–water partition coefficient (Wildman–Crippen LogP) is 4.12. The molecule has 1 aromatic carbocycles. The molecular formula is C21H26F5N3O2. The molecule has 1 heterocycles. The highest BCUT2D eigenvalue weighted by Crippen LogP contribution is 2.37. The summed E-state index contributed by atoms with van der Waals surface area (Å²) in [4.78, 5) is 26.5. The van der Waals surface area contributed by atoms with Gasteiger partial charge in [-0.25, -0.2) is 8.78 Å². The Balaban J connectivity index is 1.57. The van der Waals surface area contributed by atoms with E-state index in [1.54, 1.807) is 4.90 Å². The lowest BCUT2D eigenvalue weighted by atomic mass is 9.82. The molecule has 1 saturated carbocycles. The van der Waals surface area contributed by atoms with Crippen molar-refractivity contribution in [2.24, 2.45) is 17.6 Å². The number of nitrogens with zero attached hydrogens (tertiary/aromatic N) is 1. The number of alkyl halides is 5. The molecular weight excluding hydrogens is 421 g/mol. The smallest absolute Gasteiger partial charge is 0.342 e. The third-order valence-electron chi connectivity index (χ3n) is 5.93. The molecule has 1 aliphatic heterocycles. The highest BCUT2D eigenvalue weighted by atomic mass is 19.4. The Morgan fingerprint density at radius 2 is 1.68 bits per heavy atom. The Morgan fingerprint density at radius 3 is 2.26 bits per heavy atom. The minimum absolute atomic E-state index is 0.0171. The molecule has 5 nitrogen and oxygen atoms in total. The predicted molar refractivity (Wildman–Crippen MR) is 104 cm³/mol. The van der Waals surface area contributed by atoms with E-state index in [-0.39, 0.29) is 35.9 Å². The van der Waals surface area contributed by atoms with Crippen LogP contribution in [0.15, 0.2) is 18.2 Å². The first-order valence-electron chi connectivity index (χ1n) is 10.3. The van der Waals surface area contributed by atoms with Crippen LogP contribution in [0, 0.1) is 11.8 Å². The van der Waals surface area contributed by atoms with Crippen molar-refractivity contribution in [2.75, 3.05) is 18.4 Å². The van der Waals surface area contributed by atoms with Crippen LogP contribution in [0.25, 0.3) is 0 Å². The van der Waals surface area contributed by atoms with Crippen molar-refractivity contribution >= 4 is 17.5 Å². The van der Waals surface area contributed by atoms with E-state index in [0.29, 0.717) is 32.1 Å². The van der Waals surface area contributed by atoms with Crippen LogP contribution in [0.3, 0.4) is 0 Å². The van der Waals surface area contributed by atoms with Crippen molar-refractivity contribution in [3.63, 3.8) is 0 Å². The highest BCUT2D eigenvalue weighted by Gasteiger charge is 2.38. The molecule has 10 heteroatoms. The second kappa shape index (κ2) is 8.72. The second-order valence-electron chi connectivity index (χ2n) is 8.60. The molecule has 0 bridgehead atoms. The van der Waals surface area contributed by atoms with Crippen molar-refractivity contribution in [1.29, 1.82) is 0 Å². The molecule has 2 amide bonds. The molecule has 1 aromatic rings. The average molecular weight is 447 g/mol. The third kappa shape index (κ3) is 5.72. The van der Waals surface area contributed by atoms with E-state index in [9.17, 15) is 31.5 Å². The fourth-order valence-electron chi connectivity index (χ4n) is 4.17. The minimum atomic E-state index is -4.82. The van der Waals surface area contributed by atoms with E-state index in [2.05, 4.69) is 5.32 Å². The van der Waals surface area contributed by atoms with Crippen molar-refractivity contribution in [3.05, 3.63) is 29.3 Å². The van der Waals surface area contributed by atoms with Crippen LogP contribution in [0.1, 0.15) is 50.2 Å². The number of carbonyl (C=O) groups excluding carboxylic acids is 2. The summed E-state index contributed by atoms with van der Waals surface area (Å²) in [6.45, 7) is 1.24. The summed E-state index contributed by atoms with van der Waals surface area (Å²) >= 11 is 0. The Labute approximate surface area is 177 Å². The van der Waals surface area contributed by atoms with E-state index in [0.717, 1.165) is 31.7 Å². The third-order valence-corrected chi connectivity index (χ3v) is 5.93. The highest BCUT2D eigenvalue weighted by molar-refractivity contribution is 5.91. The van der Waals surface area contributed by atoms with Gasteiger partial charge in [0.2, 0.25) is 11.8 Å². The summed E-state index contributed by atoms with van der Waals surface area (Å²) in [6.07, 6.45) is -1.31. The monoisotopic (exact) mass is 447 g/mol. The van der Waals surface area contributed by atoms with Crippen LogP contribution in [0.2, 0.25) is 0 Å². The Hall–Kier alpha value is -2.23. The molecule has 172 valence electrons. The zero-order valence-corrected chi connectivity index (χ0v) is 17.1. The Kier molecular flexibility index (Phi) is 6.59. The van der Waals surface area contributed by atoms with Gasteiger partial charge in [0.05, 0.1) is 11.5 Å². The lowest BCUT2D eigenvalue weighted by molar-refractivity contribution is -0.144. The number of anilines is 1. The lowest BCUT2D eigenvalue weighted by Gasteiger charge is -2.42. The summed E-state index contributed by atoms with van der Waals surface area (Å²) in [7, 11) is 0. The first-order chi connectivity index (χ1) is 14.3. The van der Waals surface area contributed by atoms with Gasteiger partial charge in [0, 0.05) is 49.6 Å². The van der Waals surface area contributed by atoms with Crippen LogP contribution in [-0.2, 0) is 21.7 Å². The number of hydrogen-bond donors (Lipinski definition) is 2. The Morgan fingerprint density at radius 1 is 1.06 bits per heavy atom. The number of halogens is 5. The average Bonchev–Trinajstić information content (AvgIpc) is 2.62. The van der Waals surface area contributed by atoms with Gasteiger partial charge in [0.1, 0.15) is 0 Å². The van der Waals surface area contributed by atoms with Gasteiger partial charge in [-0.1, -0.05) is 12.8 Å². The van der Waals surface area contributed by atoms with Crippen LogP contribution in [-0.4, -0.2) is 35.8 Å². The van der Waals surface area contributed by atoms with Crippen molar-refractivity contribution in [1.82, 2.24) is 4.90 Å². The number of carbonyl (C=O) groups is 2. The van der Waals surface area contributed by atoms with Gasteiger partial charge in [0.15, 0.2) is 0 Å². The fourth-order valence-corrected chi connectivity index (χ4v) is 4.17. The maximum atomic E-state index is 13.6. The molecule has 3 rings (SSSR count). The largest absolute Gasteiger partial charge is 0.416 e. The number of hydrogen-bond acceptors (Lipinski definition) is 3. The zero-order chi connectivity index (χ0) is 23.0. The van der Waals surface area contributed by atoms with Crippen molar-refractivity contribution in [2.45, 2.75) is 57.2 Å². The van der Waals surface area contributed by atoms with Gasteiger partial charge in [-0.05, 0) is 31.0 Å². The first kappa shape index (κ1) is 23.4. The van der Waals surface area contributed by atoms with E-state index in [4.69, 9.17) is 5.73 Å². The SMILES string of the molecule is CC(F)(F)c1cc(NC(=O)CC2CN(C(=O)C3CCCCC3N)C2)cc(C(F)(F)F)c1. The van der Waals surface area contributed by atoms with Gasteiger partial charge in [-0.3, -0.25) is 9.59 Å². The Bertz CT molecular complexity index is 799. The van der Waals surface area contributed by atoms with Crippen LogP contribution < -0.4 is 11.1 Å². The molecule has 1 saturated heterocycles. The van der Waals surface area contributed by atoms with Crippen molar-refractivity contribution < 1.29 is 31.5 Å². The van der Waals surface area contributed by atoms with Gasteiger partial charge >= 0.3 is 6.18 Å². The van der Waals surface area contributed by atoms with E-state index in [1.807, 2.05) is 0 Å². The number of amides is 2. The molecule has 31 heavy (non-hydrogen) atoms. The number of benzene rings is 1. The standard InChI is InChI=1S/C21H26F5N3O2/c1-20(22,23)13-7-14(21(24,25)26)9-15(8-13)28-18(30)6-12-10-29(11-12)19(31)16-4-2-3-5-17(16)27/h7-9,12,16-17H,2-6,10-11,27H2,1H3,(H,28,30). The van der Waals surface area contributed by atoms with Crippen LogP contribution in [0.5, 0.6) is 0 Å². The van der Waals surface area contributed by atoms with E-state index in [1.165, 1.54) is 0 Å². The minimum Gasteiger partial charge on any atom is -0.342 e. The molecule has 2 atom stereocenters. The molecule has 0 spiro atoms. The molecule has 0 radical (unpaired) electrons. The summed E-state index contributed by atoms with van der Waals surface area (Å²) < 4.78 is 66.3. The molecule has 2 aliphatic rings. The molecule has 2 unspecified atom stereocenters. The topological polar surface area (TPSA) is 75.4 Å². The summed E-state index contributed by atoms with van der Waals surface area (Å²) in [5.41, 5.74) is 3.61. The normalized spacial score (nSPS) is 22.7. The number of nitrogens with one attached hydrogen (secondary N) is 1. The number of likely N-dealkylation sites (tertiary alicyclic amines) is 1. The summed E-state index contributed by atoms with van der Waals surface area (Å²) in [5, 5.41) is 2.28. The quantitative estimate of drug-likeness (QED) is 0.667. The molecule has 1 aliphatic carbocycles. The van der Waals surface area contributed by atoms with Crippen LogP contribution >= 0.6 is 0 Å². The summed E-state index contributed by atoms with van der Waals surface area (Å²) in [5.74, 6) is -4.44.